The number of amides is 1. The van der Waals surface area contributed by atoms with Crippen molar-refractivity contribution in [3.05, 3.63) is 0 Å². The minimum Gasteiger partial charge on any atom is -0.340 e. The number of nitrogens with zero attached hydrogens (tertiary/aromatic N) is 3. The molecule has 1 amide bonds. The largest absolute Gasteiger partial charge is 0.340 e. The van der Waals surface area contributed by atoms with Gasteiger partial charge in [-0.1, -0.05) is 0 Å². The van der Waals surface area contributed by atoms with E-state index in [0.29, 0.717) is 32.5 Å². The highest BCUT2D eigenvalue weighted by atomic mass is 16.2. The molecule has 1 saturated heterocycles. The molecule has 0 aromatic rings. The summed E-state index contributed by atoms with van der Waals surface area (Å²) in [6.07, 6.45) is 2.58. The number of nitrogens with one attached hydrogen (secondary N) is 1. The molecule has 0 spiro atoms. The second-order valence-corrected chi connectivity index (χ2v) is 4.18. The molecule has 0 saturated carbocycles. The maximum Gasteiger partial charge on any atom is 0.227 e. The van der Waals surface area contributed by atoms with Crippen LogP contribution in [-0.2, 0) is 4.79 Å². The lowest BCUT2D eigenvalue weighted by Crippen LogP contribution is -2.43. The first kappa shape index (κ1) is 13.5. The predicted octanol–water partition coefficient (Wildman–Crippen LogP) is 0.642. The van der Waals surface area contributed by atoms with Gasteiger partial charge in [-0.15, -0.1) is 0 Å². The van der Waals surface area contributed by atoms with Gasteiger partial charge in [0.15, 0.2) is 0 Å². The van der Waals surface area contributed by atoms with Gasteiger partial charge in [-0.2, -0.15) is 10.5 Å². The lowest BCUT2D eigenvalue weighted by atomic mass is 9.98. The molecule has 0 aliphatic carbocycles. The number of carbonyl (C=O) groups excluding carboxylic acids is 1. The minimum absolute atomic E-state index is 0.0149. The summed E-state index contributed by atoms with van der Waals surface area (Å²) in [5.41, 5.74) is 0. The van der Waals surface area contributed by atoms with E-state index >= 15 is 0 Å². The van der Waals surface area contributed by atoms with E-state index in [2.05, 4.69) is 5.32 Å². The maximum absolute atomic E-state index is 12.2. The second kappa shape index (κ2) is 7.65. The highest BCUT2D eigenvalue weighted by molar-refractivity contribution is 5.79. The van der Waals surface area contributed by atoms with Crippen LogP contribution in [0.25, 0.3) is 0 Å². The van der Waals surface area contributed by atoms with Crippen LogP contribution in [0.3, 0.4) is 0 Å². The Bertz CT molecular complexity index is 304. The van der Waals surface area contributed by atoms with Crippen LogP contribution >= 0.6 is 0 Å². The monoisotopic (exact) mass is 234 g/mol. The molecular weight excluding hydrogens is 216 g/mol. The van der Waals surface area contributed by atoms with E-state index in [4.69, 9.17) is 10.5 Å². The van der Waals surface area contributed by atoms with Crippen LogP contribution in [0, 0.1) is 28.6 Å². The Balaban J connectivity index is 2.51. The molecule has 0 aromatic heterocycles. The third kappa shape index (κ3) is 4.42. The molecule has 0 aromatic carbocycles. The Hall–Kier alpha value is -1.59. The number of carbonyl (C=O) groups is 1. The molecule has 0 unspecified atom stereocenters. The summed E-state index contributed by atoms with van der Waals surface area (Å²) in [6, 6.07) is 4.08. The summed E-state index contributed by atoms with van der Waals surface area (Å²) in [4.78, 5) is 13.8. The minimum atomic E-state index is 0.0149. The van der Waals surface area contributed by atoms with Crippen LogP contribution in [0.1, 0.15) is 25.7 Å². The fraction of sp³-hybridized carbons (Fsp3) is 0.750. The van der Waals surface area contributed by atoms with Crippen molar-refractivity contribution in [2.75, 3.05) is 26.2 Å². The van der Waals surface area contributed by atoms with Crippen LogP contribution in [0.4, 0.5) is 0 Å². The molecule has 1 atom stereocenters. The Morgan fingerprint density at radius 3 is 2.41 bits per heavy atom. The maximum atomic E-state index is 12.2. The zero-order valence-corrected chi connectivity index (χ0v) is 9.98. The van der Waals surface area contributed by atoms with Gasteiger partial charge in [0.25, 0.3) is 0 Å². The first-order valence-corrected chi connectivity index (χ1v) is 6.03. The van der Waals surface area contributed by atoms with Crippen molar-refractivity contribution in [1.29, 1.82) is 10.5 Å². The highest BCUT2D eigenvalue weighted by Crippen LogP contribution is 2.14. The lowest BCUT2D eigenvalue weighted by Gasteiger charge is -2.28. The van der Waals surface area contributed by atoms with Crippen LogP contribution in [0.2, 0.25) is 0 Å². The molecule has 1 heterocycles. The third-order valence-electron chi connectivity index (χ3n) is 2.94. The van der Waals surface area contributed by atoms with Gasteiger partial charge in [0.05, 0.1) is 30.9 Å². The number of hydrogen-bond acceptors (Lipinski definition) is 4. The van der Waals surface area contributed by atoms with Crippen LogP contribution in [-0.4, -0.2) is 37.0 Å². The molecule has 1 aliphatic heterocycles. The number of piperidine rings is 1. The quantitative estimate of drug-likeness (QED) is 0.757. The number of nitriles is 2. The van der Waals surface area contributed by atoms with Crippen LogP contribution in [0.5, 0.6) is 0 Å². The first-order chi connectivity index (χ1) is 8.29. The molecule has 5 nitrogen and oxygen atoms in total. The molecule has 17 heavy (non-hydrogen) atoms. The van der Waals surface area contributed by atoms with Gasteiger partial charge in [-0.3, -0.25) is 4.79 Å². The van der Waals surface area contributed by atoms with Gasteiger partial charge in [-0.05, 0) is 19.4 Å². The van der Waals surface area contributed by atoms with Gasteiger partial charge in [0.1, 0.15) is 0 Å². The standard InChI is InChI=1S/C12H18N4O/c13-5-2-8-16(9-3-6-14)12(17)11-4-1-7-15-10-11/h11,15H,1-4,7-10H2/t11-/m1/s1. The van der Waals surface area contributed by atoms with Gasteiger partial charge in [0, 0.05) is 19.6 Å². The van der Waals surface area contributed by atoms with Crippen LogP contribution in [0.15, 0.2) is 0 Å². The molecular formula is C12H18N4O. The number of hydrogen-bond donors (Lipinski definition) is 1. The van der Waals surface area contributed by atoms with Crippen molar-refractivity contribution in [2.24, 2.45) is 5.92 Å². The Morgan fingerprint density at radius 2 is 1.94 bits per heavy atom. The molecule has 1 N–H and O–H groups in total. The molecule has 0 radical (unpaired) electrons. The normalized spacial score (nSPS) is 19.1. The summed E-state index contributed by atoms with van der Waals surface area (Å²) in [5.74, 6) is 0.101. The average Bonchev–Trinajstić information content (AvgIpc) is 2.39. The topological polar surface area (TPSA) is 79.9 Å². The van der Waals surface area contributed by atoms with E-state index in [0.717, 1.165) is 19.4 Å². The van der Waals surface area contributed by atoms with Crippen molar-refractivity contribution in [1.82, 2.24) is 10.2 Å². The van der Waals surface area contributed by atoms with Crippen molar-refractivity contribution in [2.45, 2.75) is 25.7 Å². The molecule has 1 aliphatic rings. The zero-order chi connectivity index (χ0) is 12.5. The highest BCUT2D eigenvalue weighted by Gasteiger charge is 2.25. The summed E-state index contributed by atoms with van der Waals surface area (Å²) < 4.78 is 0. The third-order valence-corrected chi connectivity index (χ3v) is 2.94. The van der Waals surface area contributed by atoms with Gasteiger partial charge >= 0.3 is 0 Å². The van der Waals surface area contributed by atoms with Gasteiger partial charge < -0.3 is 10.2 Å². The first-order valence-electron chi connectivity index (χ1n) is 6.03. The summed E-state index contributed by atoms with van der Waals surface area (Å²) in [6.45, 7) is 2.57. The average molecular weight is 234 g/mol. The molecule has 5 heteroatoms. The van der Waals surface area contributed by atoms with E-state index in [1.54, 1.807) is 4.90 Å². The zero-order valence-electron chi connectivity index (χ0n) is 9.98. The van der Waals surface area contributed by atoms with E-state index < -0.39 is 0 Å². The molecule has 1 rings (SSSR count). The van der Waals surface area contributed by atoms with Gasteiger partial charge in [0.2, 0.25) is 5.91 Å². The molecule has 92 valence electrons. The van der Waals surface area contributed by atoms with Crippen molar-refractivity contribution >= 4 is 5.91 Å². The van der Waals surface area contributed by atoms with Crippen molar-refractivity contribution in [3.63, 3.8) is 0 Å². The van der Waals surface area contributed by atoms with E-state index in [1.807, 2.05) is 12.1 Å². The molecule has 0 bridgehead atoms. The van der Waals surface area contributed by atoms with E-state index in [-0.39, 0.29) is 11.8 Å². The fourth-order valence-electron chi connectivity index (χ4n) is 2.02. The predicted molar refractivity (Wildman–Crippen MR) is 62.6 cm³/mol. The second-order valence-electron chi connectivity index (χ2n) is 4.18. The molecule has 1 fully saturated rings. The Morgan fingerprint density at radius 1 is 1.29 bits per heavy atom. The van der Waals surface area contributed by atoms with E-state index in [9.17, 15) is 4.79 Å². The SMILES string of the molecule is N#CCCN(CCC#N)C(=O)[C@@H]1CCCNC1. The summed E-state index contributed by atoms with van der Waals surface area (Å²) in [5, 5.41) is 20.3. The number of rotatable bonds is 5. The Kier molecular flexibility index (Phi) is 6.06. The van der Waals surface area contributed by atoms with Crippen molar-refractivity contribution in [3.8, 4) is 12.1 Å². The fourth-order valence-corrected chi connectivity index (χ4v) is 2.02. The van der Waals surface area contributed by atoms with Gasteiger partial charge in [-0.25, -0.2) is 0 Å². The van der Waals surface area contributed by atoms with Crippen LogP contribution < -0.4 is 5.32 Å². The van der Waals surface area contributed by atoms with Crippen molar-refractivity contribution < 1.29 is 4.79 Å². The Labute approximate surface area is 102 Å². The summed E-state index contributed by atoms with van der Waals surface area (Å²) >= 11 is 0. The summed E-state index contributed by atoms with van der Waals surface area (Å²) in [7, 11) is 0. The van der Waals surface area contributed by atoms with E-state index in [1.165, 1.54) is 0 Å². The lowest BCUT2D eigenvalue weighted by molar-refractivity contribution is -0.136. The smallest absolute Gasteiger partial charge is 0.227 e.